The fourth-order valence-corrected chi connectivity index (χ4v) is 0.791. The van der Waals surface area contributed by atoms with Gasteiger partial charge in [-0.2, -0.15) is 0 Å². The zero-order valence-electron chi connectivity index (χ0n) is 5.39. The zero-order valence-corrected chi connectivity index (χ0v) is 5.39. The van der Waals surface area contributed by atoms with Crippen LogP contribution in [-0.4, -0.2) is 18.5 Å². The second-order valence-corrected chi connectivity index (χ2v) is 2.68. The molecular formula is C6H12N2O. The molecule has 0 aromatic heterocycles. The van der Waals surface area contributed by atoms with E-state index < -0.39 is 0 Å². The molecule has 0 aliphatic heterocycles. The van der Waals surface area contributed by atoms with Crippen molar-refractivity contribution in [3.8, 4) is 0 Å². The first-order valence-electron chi connectivity index (χ1n) is 3.23. The van der Waals surface area contributed by atoms with Gasteiger partial charge in [0.1, 0.15) is 0 Å². The molecule has 0 heterocycles. The largest absolute Gasteiger partial charge is 0.359 e. The monoisotopic (exact) mass is 128 g/mol. The summed E-state index contributed by atoms with van der Waals surface area (Å²) in [5.74, 6) is 0. The van der Waals surface area contributed by atoms with Gasteiger partial charge in [0.2, 0.25) is 6.41 Å². The summed E-state index contributed by atoms with van der Waals surface area (Å²) in [5.41, 5.74) is 5.81. The minimum absolute atomic E-state index is 0.0794. The van der Waals surface area contributed by atoms with Crippen molar-refractivity contribution in [1.82, 2.24) is 5.32 Å². The summed E-state index contributed by atoms with van der Waals surface area (Å²) in [4.78, 5) is 9.76. The number of carbonyl (C=O) groups is 1. The van der Waals surface area contributed by atoms with Gasteiger partial charge in [-0.1, -0.05) is 0 Å². The van der Waals surface area contributed by atoms with E-state index >= 15 is 0 Å². The Morgan fingerprint density at radius 2 is 2.33 bits per heavy atom. The lowest BCUT2D eigenvalue weighted by molar-refractivity contribution is -0.109. The Balaban J connectivity index is 1.98. The number of nitrogens with two attached hydrogens (primary N) is 1. The van der Waals surface area contributed by atoms with Crippen LogP contribution >= 0.6 is 0 Å². The molecule has 9 heavy (non-hydrogen) atoms. The Morgan fingerprint density at radius 1 is 1.67 bits per heavy atom. The summed E-state index contributed by atoms with van der Waals surface area (Å²) in [6, 6.07) is 0. The van der Waals surface area contributed by atoms with Crippen molar-refractivity contribution in [2.45, 2.75) is 24.8 Å². The van der Waals surface area contributed by atoms with Gasteiger partial charge in [-0.05, 0) is 19.3 Å². The summed E-state index contributed by atoms with van der Waals surface area (Å²) >= 11 is 0. The number of carbonyl (C=O) groups excluding carboxylic acids is 1. The fourth-order valence-electron chi connectivity index (χ4n) is 0.791. The highest BCUT2D eigenvalue weighted by Crippen LogP contribution is 2.34. The van der Waals surface area contributed by atoms with Crippen molar-refractivity contribution in [2.75, 3.05) is 6.54 Å². The Hall–Kier alpha value is -0.570. The predicted octanol–water partition coefficient (Wildman–Crippen LogP) is -0.386. The normalized spacial score (nSPS) is 21.0. The molecule has 1 aliphatic rings. The molecule has 0 bridgehead atoms. The van der Waals surface area contributed by atoms with E-state index in [0.717, 1.165) is 25.8 Å². The quantitative estimate of drug-likeness (QED) is 0.400. The molecule has 0 radical (unpaired) electrons. The van der Waals surface area contributed by atoms with Gasteiger partial charge in [0.25, 0.3) is 0 Å². The minimum atomic E-state index is 0.0794. The van der Waals surface area contributed by atoms with Gasteiger partial charge in [0.05, 0.1) is 0 Å². The van der Waals surface area contributed by atoms with Crippen LogP contribution in [0.5, 0.6) is 0 Å². The average Bonchev–Trinajstić information content (AvgIpc) is 2.50. The van der Waals surface area contributed by atoms with Crippen LogP contribution in [0.15, 0.2) is 0 Å². The lowest BCUT2D eigenvalue weighted by atomic mass is 10.2. The Labute approximate surface area is 54.6 Å². The van der Waals surface area contributed by atoms with E-state index in [9.17, 15) is 4.79 Å². The third-order valence-electron chi connectivity index (χ3n) is 1.74. The molecule has 0 aromatic carbocycles. The number of hydrogen-bond donors (Lipinski definition) is 2. The van der Waals surface area contributed by atoms with Crippen molar-refractivity contribution in [2.24, 2.45) is 5.73 Å². The topological polar surface area (TPSA) is 55.1 Å². The second kappa shape index (κ2) is 2.35. The molecule has 0 saturated heterocycles. The molecule has 0 atom stereocenters. The van der Waals surface area contributed by atoms with Gasteiger partial charge in [-0.25, -0.2) is 0 Å². The zero-order chi connectivity index (χ0) is 6.74. The molecule has 3 nitrogen and oxygen atoms in total. The Morgan fingerprint density at radius 3 is 2.78 bits per heavy atom. The van der Waals surface area contributed by atoms with E-state index in [-0.39, 0.29) is 5.54 Å². The van der Waals surface area contributed by atoms with Gasteiger partial charge >= 0.3 is 0 Å². The SMILES string of the molecule is NC1(CCNC=O)CC1. The first-order valence-corrected chi connectivity index (χ1v) is 3.23. The predicted molar refractivity (Wildman–Crippen MR) is 34.8 cm³/mol. The summed E-state index contributed by atoms with van der Waals surface area (Å²) in [6.07, 6.45) is 3.87. The van der Waals surface area contributed by atoms with Crippen LogP contribution in [0.3, 0.4) is 0 Å². The van der Waals surface area contributed by atoms with Crippen LogP contribution < -0.4 is 11.1 Å². The molecule has 3 heteroatoms. The summed E-state index contributed by atoms with van der Waals surface area (Å²) < 4.78 is 0. The molecule has 1 amide bonds. The molecule has 52 valence electrons. The van der Waals surface area contributed by atoms with Crippen molar-refractivity contribution in [3.63, 3.8) is 0 Å². The van der Waals surface area contributed by atoms with Crippen molar-refractivity contribution < 1.29 is 4.79 Å². The van der Waals surface area contributed by atoms with Crippen LogP contribution in [0.4, 0.5) is 0 Å². The van der Waals surface area contributed by atoms with Gasteiger partial charge in [-0.3, -0.25) is 4.79 Å². The minimum Gasteiger partial charge on any atom is -0.359 e. The highest BCUT2D eigenvalue weighted by Gasteiger charge is 2.36. The van der Waals surface area contributed by atoms with Crippen molar-refractivity contribution in [3.05, 3.63) is 0 Å². The number of nitrogens with one attached hydrogen (secondary N) is 1. The second-order valence-electron chi connectivity index (χ2n) is 2.68. The van der Waals surface area contributed by atoms with E-state index in [1.807, 2.05) is 0 Å². The standard InChI is InChI=1S/C6H12N2O/c7-6(1-2-6)3-4-8-5-9/h5H,1-4,7H2,(H,8,9). The third kappa shape index (κ3) is 2.01. The lowest BCUT2D eigenvalue weighted by Crippen LogP contribution is -2.27. The Kier molecular flexibility index (Phi) is 1.71. The van der Waals surface area contributed by atoms with Gasteiger partial charge in [0, 0.05) is 12.1 Å². The molecule has 1 fully saturated rings. The van der Waals surface area contributed by atoms with Crippen LogP contribution in [0, 0.1) is 0 Å². The van der Waals surface area contributed by atoms with E-state index in [0.29, 0.717) is 6.41 Å². The number of hydrogen-bond acceptors (Lipinski definition) is 2. The molecule has 1 rings (SSSR count). The first kappa shape index (κ1) is 6.55. The van der Waals surface area contributed by atoms with E-state index in [1.165, 1.54) is 0 Å². The summed E-state index contributed by atoms with van der Waals surface area (Å²) in [5, 5.41) is 2.58. The maximum Gasteiger partial charge on any atom is 0.207 e. The highest BCUT2D eigenvalue weighted by atomic mass is 16.1. The smallest absolute Gasteiger partial charge is 0.207 e. The van der Waals surface area contributed by atoms with Crippen LogP contribution in [0.1, 0.15) is 19.3 Å². The van der Waals surface area contributed by atoms with E-state index in [1.54, 1.807) is 0 Å². The van der Waals surface area contributed by atoms with Gasteiger partial charge < -0.3 is 11.1 Å². The Bertz CT molecular complexity index is 110. The molecule has 0 unspecified atom stereocenters. The third-order valence-corrected chi connectivity index (χ3v) is 1.74. The maximum absolute atomic E-state index is 9.76. The molecule has 3 N–H and O–H groups in total. The van der Waals surface area contributed by atoms with Gasteiger partial charge in [0.15, 0.2) is 0 Å². The van der Waals surface area contributed by atoms with Crippen LogP contribution in [-0.2, 0) is 4.79 Å². The van der Waals surface area contributed by atoms with Crippen LogP contribution in [0.2, 0.25) is 0 Å². The summed E-state index contributed by atoms with van der Waals surface area (Å²) in [7, 11) is 0. The molecule has 0 aromatic rings. The first-order chi connectivity index (χ1) is 4.27. The molecule has 1 saturated carbocycles. The maximum atomic E-state index is 9.76. The number of rotatable bonds is 4. The van der Waals surface area contributed by atoms with Crippen LogP contribution in [0.25, 0.3) is 0 Å². The fraction of sp³-hybridized carbons (Fsp3) is 0.833. The molecule has 1 aliphatic carbocycles. The van der Waals surface area contributed by atoms with E-state index in [4.69, 9.17) is 5.73 Å². The van der Waals surface area contributed by atoms with Crippen molar-refractivity contribution >= 4 is 6.41 Å². The lowest BCUT2D eigenvalue weighted by Gasteiger charge is -2.05. The highest BCUT2D eigenvalue weighted by molar-refractivity contribution is 5.45. The van der Waals surface area contributed by atoms with E-state index in [2.05, 4.69) is 5.32 Å². The molecular weight excluding hydrogens is 116 g/mol. The van der Waals surface area contributed by atoms with Crippen molar-refractivity contribution in [1.29, 1.82) is 0 Å². The summed E-state index contributed by atoms with van der Waals surface area (Å²) in [6.45, 7) is 0.722. The molecule has 0 spiro atoms. The average molecular weight is 128 g/mol. The number of amides is 1. The van der Waals surface area contributed by atoms with Gasteiger partial charge in [-0.15, -0.1) is 0 Å².